The molecule has 0 amide bonds. The fourth-order valence-corrected chi connectivity index (χ4v) is 3.56. The molecule has 0 aliphatic rings. The van der Waals surface area contributed by atoms with Crippen LogP contribution < -0.4 is 5.32 Å². The van der Waals surface area contributed by atoms with Crippen molar-refractivity contribution < 1.29 is 9.21 Å². The van der Waals surface area contributed by atoms with Crippen LogP contribution in [0.5, 0.6) is 0 Å². The van der Waals surface area contributed by atoms with Crippen LogP contribution >= 0.6 is 15.9 Å². The molecule has 4 nitrogen and oxygen atoms in total. The Morgan fingerprint density at radius 2 is 1.86 bits per heavy atom. The van der Waals surface area contributed by atoms with Gasteiger partial charge in [0.25, 0.3) is 0 Å². The van der Waals surface area contributed by atoms with Gasteiger partial charge in [-0.15, -0.1) is 0 Å². The highest BCUT2D eigenvalue weighted by atomic mass is 79.9. The number of aryl methyl sites for hydroxylation is 1. The molecule has 0 atom stereocenters. The largest absolute Gasteiger partial charge is 0.451 e. The van der Waals surface area contributed by atoms with Gasteiger partial charge in [-0.25, -0.2) is 0 Å². The third-order valence-corrected chi connectivity index (χ3v) is 5.43. The topological polar surface area (TPSA) is 55.1 Å². The first-order chi connectivity index (χ1) is 14.1. The predicted molar refractivity (Wildman–Crippen MR) is 118 cm³/mol. The minimum atomic E-state index is -0.129. The van der Waals surface area contributed by atoms with Crippen molar-refractivity contribution in [1.82, 2.24) is 10.3 Å². The number of halogens is 1. The van der Waals surface area contributed by atoms with E-state index in [0.29, 0.717) is 23.5 Å². The molecule has 0 spiro atoms. The molecule has 29 heavy (non-hydrogen) atoms. The quantitative estimate of drug-likeness (QED) is 0.301. The molecule has 0 bridgehead atoms. The van der Waals surface area contributed by atoms with Crippen molar-refractivity contribution in [2.75, 3.05) is 6.54 Å². The van der Waals surface area contributed by atoms with Crippen LogP contribution in [0.1, 0.15) is 32.9 Å². The fourth-order valence-electron chi connectivity index (χ4n) is 3.30. The first-order valence-corrected chi connectivity index (χ1v) is 10.3. The van der Waals surface area contributed by atoms with Gasteiger partial charge in [-0.05, 0) is 61.3 Å². The molecule has 0 saturated carbocycles. The monoisotopic (exact) mass is 448 g/mol. The van der Waals surface area contributed by atoms with E-state index < -0.39 is 0 Å². The van der Waals surface area contributed by atoms with E-state index in [2.05, 4.69) is 50.5 Å². The third-order valence-electron chi connectivity index (χ3n) is 4.90. The molecule has 2 aromatic carbocycles. The number of carbonyl (C=O) groups is 1. The van der Waals surface area contributed by atoms with Crippen LogP contribution in [0.15, 0.2) is 75.8 Å². The minimum absolute atomic E-state index is 0.129. The Balaban J connectivity index is 1.52. The number of ketones is 1. The number of furan rings is 1. The molecule has 5 heteroatoms. The summed E-state index contributed by atoms with van der Waals surface area (Å²) in [6.07, 6.45) is 2.82. The van der Waals surface area contributed by atoms with Gasteiger partial charge >= 0.3 is 0 Å². The van der Waals surface area contributed by atoms with Crippen molar-refractivity contribution in [1.29, 1.82) is 0 Å². The lowest BCUT2D eigenvalue weighted by Gasteiger charge is -2.06. The summed E-state index contributed by atoms with van der Waals surface area (Å²) in [5.41, 5.74) is 4.38. The summed E-state index contributed by atoms with van der Waals surface area (Å²) in [4.78, 5) is 17.3. The summed E-state index contributed by atoms with van der Waals surface area (Å²) in [5, 5.41) is 4.40. The average Bonchev–Trinajstić information content (AvgIpc) is 3.20. The second kappa shape index (κ2) is 8.72. The van der Waals surface area contributed by atoms with Crippen molar-refractivity contribution in [3.8, 4) is 0 Å². The number of aromatic nitrogens is 1. The summed E-state index contributed by atoms with van der Waals surface area (Å²) in [6.45, 7) is 3.43. The molecule has 0 aliphatic heterocycles. The first-order valence-electron chi connectivity index (χ1n) is 9.55. The van der Waals surface area contributed by atoms with Crippen LogP contribution in [0.2, 0.25) is 0 Å². The van der Waals surface area contributed by atoms with E-state index in [0.717, 1.165) is 34.1 Å². The molecule has 0 aliphatic carbocycles. The molecule has 0 unspecified atom stereocenters. The van der Waals surface area contributed by atoms with E-state index >= 15 is 0 Å². The van der Waals surface area contributed by atoms with Crippen LogP contribution in [0.25, 0.3) is 11.0 Å². The second-order valence-electron chi connectivity index (χ2n) is 6.97. The van der Waals surface area contributed by atoms with E-state index in [1.165, 1.54) is 5.56 Å². The van der Waals surface area contributed by atoms with Crippen molar-refractivity contribution >= 4 is 32.7 Å². The van der Waals surface area contributed by atoms with Crippen LogP contribution in [-0.2, 0) is 13.0 Å². The van der Waals surface area contributed by atoms with E-state index in [1.54, 1.807) is 12.1 Å². The second-order valence-corrected chi connectivity index (χ2v) is 7.89. The zero-order valence-corrected chi connectivity index (χ0v) is 17.7. The maximum absolute atomic E-state index is 12.8. The smallest absolute Gasteiger partial charge is 0.228 e. The Bertz CT molecular complexity index is 1130. The van der Waals surface area contributed by atoms with E-state index in [4.69, 9.17) is 4.42 Å². The van der Waals surface area contributed by atoms with Gasteiger partial charge in [0.15, 0.2) is 11.3 Å². The Hall–Kier alpha value is -2.76. The van der Waals surface area contributed by atoms with Crippen LogP contribution in [-0.4, -0.2) is 17.3 Å². The van der Waals surface area contributed by atoms with E-state index in [9.17, 15) is 4.79 Å². The van der Waals surface area contributed by atoms with Gasteiger partial charge in [-0.3, -0.25) is 9.78 Å². The number of benzene rings is 2. The molecule has 1 N–H and O–H groups in total. The summed E-state index contributed by atoms with van der Waals surface area (Å²) in [7, 11) is 0. The van der Waals surface area contributed by atoms with Crippen LogP contribution in [0.3, 0.4) is 0 Å². The molecule has 2 aromatic heterocycles. The number of carbonyl (C=O) groups excluding carboxylic acids is 1. The molecular formula is C24H21BrN2O2. The molecule has 0 radical (unpaired) electrons. The lowest BCUT2D eigenvalue weighted by molar-refractivity contribution is 0.101. The number of hydrogen-bond donors (Lipinski definition) is 1. The van der Waals surface area contributed by atoms with Crippen molar-refractivity contribution in [2.45, 2.75) is 19.9 Å². The van der Waals surface area contributed by atoms with Gasteiger partial charge in [0.1, 0.15) is 0 Å². The maximum atomic E-state index is 12.8. The lowest BCUT2D eigenvalue weighted by atomic mass is 10.1. The maximum Gasteiger partial charge on any atom is 0.228 e. The number of hydrogen-bond acceptors (Lipinski definition) is 4. The van der Waals surface area contributed by atoms with Gasteiger partial charge in [0.2, 0.25) is 5.78 Å². The standard InChI is InChI=1S/C24H21BrN2O2/c1-16-24-21(13-22(29-24)23(28)18-7-9-20(25)10-8-18)19(15-27-16)14-26-12-11-17-5-3-2-4-6-17/h2-10,13,15,26H,11-12,14H2,1H3. The first kappa shape index (κ1) is 19.6. The van der Waals surface area contributed by atoms with Crippen molar-refractivity contribution in [2.24, 2.45) is 0 Å². The number of nitrogens with zero attached hydrogens (tertiary/aromatic N) is 1. The number of rotatable bonds is 7. The summed E-state index contributed by atoms with van der Waals surface area (Å²) < 4.78 is 6.84. The zero-order chi connectivity index (χ0) is 20.2. The molecule has 0 fully saturated rings. The average molecular weight is 449 g/mol. The number of fused-ring (bicyclic) bond motifs is 1. The normalized spacial score (nSPS) is 11.1. The SMILES string of the molecule is Cc1ncc(CNCCc2ccccc2)c2cc(C(=O)c3ccc(Br)cc3)oc12. The van der Waals surface area contributed by atoms with E-state index in [-0.39, 0.29) is 5.78 Å². The summed E-state index contributed by atoms with van der Waals surface area (Å²) >= 11 is 3.39. The Morgan fingerprint density at radius 1 is 1.10 bits per heavy atom. The highest BCUT2D eigenvalue weighted by Crippen LogP contribution is 2.27. The fraction of sp³-hybridized carbons (Fsp3) is 0.167. The van der Waals surface area contributed by atoms with Crippen molar-refractivity contribution in [3.05, 3.63) is 99.5 Å². The van der Waals surface area contributed by atoms with Gasteiger partial charge < -0.3 is 9.73 Å². The molecule has 4 rings (SSSR count). The minimum Gasteiger partial charge on any atom is -0.451 e. The predicted octanol–water partition coefficient (Wildman–Crippen LogP) is 5.46. The Morgan fingerprint density at radius 3 is 2.62 bits per heavy atom. The van der Waals surface area contributed by atoms with Gasteiger partial charge in [0.05, 0.1) is 5.69 Å². The summed E-state index contributed by atoms with van der Waals surface area (Å²) in [5.74, 6) is 0.208. The van der Waals surface area contributed by atoms with Crippen LogP contribution in [0, 0.1) is 6.92 Å². The Labute approximate surface area is 178 Å². The number of nitrogens with one attached hydrogen (secondary N) is 1. The molecule has 146 valence electrons. The van der Waals surface area contributed by atoms with E-state index in [1.807, 2.05) is 37.4 Å². The third kappa shape index (κ3) is 4.47. The molecule has 0 saturated heterocycles. The van der Waals surface area contributed by atoms with Gasteiger partial charge in [0, 0.05) is 28.2 Å². The zero-order valence-electron chi connectivity index (χ0n) is 16.1. The number of pyridine rings is 1. The summed E-state index contributed by atoms with van der Waals surface area (Å²) in [6, 6.07) is 19.5. The molecule has 4 aromatic rings. The van der Waals surface area contributed by atoms with Gasteiger partial charge in [-0.2, -0.15) is 0 Å². The molecular weight excluding hydrogens is 428 g/mol. The highest BCUT2D eigenvalue weighted by molar-refractivity contribution is 9.10. The molecule has 2 heterocycles. The highest BCUT2D eigenvalue weighted by Gasteiger charge is 2.18. The van der Waals surface area contributed by atoms with Gasteiger partial charge in [-0.1, -0.05) is 46.3 Å². The van der Waals surface area contributed by atoms with Crippen molar-refractivity contribution in [3.63, 3.8) is 0 Å². The Kier molecular flexibility index (Phi) is 5.88. The lowest BCUT2D eigenvalue weighted by Crippen LogP contribution is -2.17. The van der Waals surface area contributed by atoms with Crippen LogP contribution in [0.4, 0.5) is 0 Å².